The zero-order valence-electron chi connectivity index (χ0n) is 11.7. The molecule has 0 spiro atoms. The third kappa shape index (κ3) is 5.81. The van der Waals surface area contributed by atoms with Gasteiger partial charge in [-0.15, -0.1) is 0 Å². The van der Waals surface area contributed by atoms with E-state index in [0.717, 1.165) is 0 Å². The van der Waals surface area contributed by atoms with Gasteiger partial charge in [0.15, 0.2) is 0 Å². The molecular formula is C11H25NO5Si. The third-order valence-corrected chi connectivity index (χ3v) is 6.06. The molecule has 0 aliphatic rings. The Bertz CT molecular complexity index is 222. The summed E-state index contributed by atoms with van der Waals surface area (Å²) >= 11 is 0. The zero-order valence-corrected chi connectivity index (χ0v) is 12.7. The summed E-state index contributed by atoms with van der Waals surface area (Å²) in [7, 11) is -2.70. The van der Waals surface area contributed by atoms with Gasteiger partial charge < -0.3 is 23.7 Å². The molecule has 0 fully saturated rings. The van der Waals surface area contributed by atoms with E-state index in [4.69, 9.17) is 18.4 Å². The SMILES string of the molecule is CCO[Si](OCC)(OCC)C(C)CCNC(=O)O. The van der Waals surface area contributed by atoms with Crippen LogP contribution in [0.3, 0.4) is 0 Å². The van der Waals surface area contributed by atoms with Gasteiger partial charge in [0.05, 0.1) is 0 Å². The van der Waals surface area contributed by atoms with Gasteiger partial charge in [-0.05, 0) is 27.2 Å². The molecule has 0 saturated heterocycles. The minimum absolute atomic E-state index is 0.0594. The summed E-state index contributed by atoms with van der Waals surface area (Å²) in [5.74, 6) is 0. The highest BCUT2D eigenvalue weighted by atomic mass is 28.4. The molecule has 1 atom stereocenters. The second kappa shape index (κ2) is 9.32. The number of hydrogen-bond donors (Lipinski definition) is 2. The molecule has 0 aromatic heterocycles. The van der Waals surface area contributed by atoms with Crippen molar-refractivity contribution >= 4 is 14.9 Å². The van der Waals surface area contributed by atoms with Crippen LogP contribution in [0.1, 0.15) is 34.1 Å². The predicted molar refractivity (Wildman–Crippen MR) is 70.7 cm³/mol. The first-order valence-electron chi connectivity index (χ1n) is 6.41. The molecular weight excluding hydrogens is 254 g/mol. The fraction of sp³-hybridized carbons (Fsp3) is 0.909. The molecule has 0 aliphatic heterocycles. The maximum Gasteiger partial charge on any atom is 0.503 e. The lowest BCUT2D eigenvalue weighted by Crippen LogP contribution is -2.50. The quantitative estimate of drug-likeness (QED) is 0.599. The molecule has 1 amide bonds. The fourth-order valence-corrected chi connectivity index (χ4v) is 4.54. The second-order valence-electron chi connectivity index (χ2n) is 3.82. The van der Waals surface area contributed by atoms with Crippen LogP contribution in [0.4, 0.5) is 4.79 Å². The first-order valence-corrected chi connectivity index (χ1v) is 8.21. The van der Waals surface area contributed by atoms with Crippen molar-refractivity contribution in [3.63, 3.8) is 0 Å². The lowest BCUT2D eigenvalue weighted by Gasteiger charge is -2.33. The lowest BCUT2D eigenvalue weighted by atomic mass is 10.3. The van der Waals surface area contributed by atoms with Crippen molar-refractivity contribution < 1.29 is 23.2 Å². The highest BCUT2D eigenvalue weighted by Gasteiger charge is 2.46. The van der Waals surface area contributed by atoms with Crippen LogP contribution in [0.5, 0.6) is 0 Å². The molecule has 0 radical (unpaired) electrons. The average Bonchev–Trinajstić information content (AvgIpc) is 2.29. The van der Waals surface area contributed by atoms with Gasteiger partial charge in [-0.2, -0.15) is 0 Å². The van der Waals surface area contributed by atoms with Gasteiger partial charge in [-0.25, -0.2) is 4.79 Å². The molecule has 18 heavy (non-hydrogen) atoms. The molecule has 1 unspecified atom stereocenters. The van der Waals surface area contributed by atoms with Crippen molar-refractivity contribution in [2.45, 2.75) is 39.7 Å². The molecule has 2 N–H and O–H groups in total. The Morgan fingerprint density at radius 3 is 1.94 bits per heavy atom. The Morgan fingerprint density at radius 2 is 1.61 bits per heavy atom. The second-order valence-corrected chi connectivity index (χ2v) is 6.88. The van der Waals surface area contributed by atoms with Gasteiger partial charge >= 0.3 is 14.9 Å². The summed E-state index contributed by atoms with van der Waals surface area (Å²) in [6.07, 6.45) is -0.378. The highest BCUT2D eigenvalue weighted by Crippen LogP contribution is 2.28. The van der Waals surface area contributed by atoms with E-state index in [0.29, 0.717) is 32.8 Å². The maximum atomic E-state index is 10.4. The van der Waals surface area contributed by atoms with Crippen LogP contribution in [0.25, 0.3) is 0 Å². The Labute approximate surface area is 110 Å². The predicted octanol–water partition coefficient (Wildman–Crippen LogP) is 2.08. The van der Waals surface area contributed by atoms with E-state index in [2.05, 4.69) is 5.32 Å². The van der Waals surface area contributed by atoms with Crippen molar-refractivity contribution in [2.75, 3.05) is 26.4 Å². The molecule has 0 aromatic rings. The number of carbonyl (C=O) groups is 1. The lowest BCUT2D eigenvalue weighted by molar-refractivity contribution is 0.0614. The van der Waals surface area contributed by atoms with Crippen LogP contribution >= 0.6 is 0 Å². The fourth-order valence-electron chi connectivity index (χ4n) is 1.73. The topological polar surface area (TPSA) is 77.0 Å². The van der Waals surface area contributed by atoms with Crippen molar-refractivity contribution in [2.24, 2.45) is 0 Å². The number of nitrogens with one attached hydrogen (secondary N) is 1. The smallest absolute Gasteiger partial charge is 0.465 e. The van der Waals surface area contributed by atoms with E-state index < -0.39 is 14.9 Å². The largest absolute Gasteiger partial charge is 0.503 e. The van der Waals surface area contributed by atoms with Crippen molar-refractivity contribution in [1.82, 2.24) is 5.32 Å². The van der Waals surface area contributed by atoms with Crippen molar-refractivity contribution in [1.29, 1.82) is 0 Å². The Kier molecular flexibility index (Phi) is 8.99. The van der Waals surface area contributed by atoms with Crippen LogP contribution < -0.4 is 5.32 Å². The Balaban J connectivity index is 4.53. The van der Waals surface area contributed by atoms with Crippen LogP contribution in [0.15, 0.2) is 0 Å². The monoisotopic (exact) mass is 279 g/mol. The van der Waals surface area contributed by atoms with E-state index in [9.17, 15) is 4.79 Å². The number of carboxylic acid groups (broad SMARTS) is 1. The van der Waals surface area contributed by atoms with E-state index in [1.807, 2.05) is 27.7 Å². The van der Waals surface area contributed by atoms with Crippen molar-refractivity contribution in [3.8, 4) is 0 Å². The molecule has 0 bridgehead atoms. The van der Waals surface area contributed by atoms with Gasteiger partial charge in [0, 0.05) is 31.9 Å². The van der Waals surface area contributed by atoms with Crippen LogP contribution in [0.2, 0.25) is 5.54 Å². The first kappa shape index (κ1) is 17.4. The minimum atomic E-state index is -2.70. The number of amides is 1. The van der Waals surface area contributed by atoms with E-state index in [-0.39, 0.29) is 5.54 Å². The van der Waals surface area contributed by atoms with Gasteiger partial charge in [0.25, 0.3) is 0 Å². The highest BCUT2D eigenvalue weighted by molar-refractivity contribution is 6.62. The zero-order chi connectivity index (χ0) is 14.0. The summed E-state index contributed by atoms with van der Waals surface area (Å²) in [5.41, 5.74) is 0.0594. The van der Waals surface area contributed by atoms with Gasteiger partial charge in [0.2, 0.25) is 0 Å². The van der Waals surface area contributed by atoms with Crippen LogP contribution in [-0.4, -0.2) is 46.4 Å². The number of hydrogen-bond acceptors (Lipinski definition) is 4. The summed E-state index contributed by atoms with van der Waals surface area (Å²) in [4.78, 5) is 10.4. The standard InChI is InChI=1S/C11H25NO5Si/c1-5-15-18(16-6-2,17-7-3)10(4)8-9-12-11(13)14/h10,12H,5-9H2,1-4H3,(H,13,14). The minimum Gasteiger partial charge on any atom is -0.465 e. The molecule has 0 aliphatic carbocycles. The number of rotatable bonds is 10. The van der Waals surface area contributed by atoms with Crippen LogP contribution in [-0.2, 0) is 13.3 Å². The maximum absolute atomic E-state index is 10.4. The van der Waals surface area contributed by atoms with E-state index in [1.165, 1.54) is 0 Å². The molecule has 0 aromatic carbocycles. The van der Waals surface area contributed by atoms with Gasteiger partial charge in [-0.3, -0.25) is 0 Å². The van der Waals surface area contributed by atoms with Gasteiger partial charge in [0.1, 0.15) is 0 Å². The Morgan fingerprint density at radius 1 is 1.17 bits per heavy atom. The van der Waals surface area contributed by atoms with Gasteiger partial charge in [-0.1, -0.05) is 6.92 Å². The van der Waals surface area contributed by atoms with E-state index in [1.54, 1.807) is 0 Å². The average molecular weight is 279 g/mol. The Hall–Kier alpha value is -0.633. The summed E-state index contributed by atoms with van der Waals surface area (Å²) in [5, 5.41) is 10.9. The molecule has 6 nitrogen and oxygen atoms in total. The molecule has 7 heteroatoms. The molecule has 0 rings (SSSR count). The normalized spacial score (nSPS) is 13.3. The first-order chi connectivity index (χ1) is 8.52. The molecule has 0 heterocycles. The molecule has 108 valence electrons. The van der Waals surface area contributed by atoms with E-state index >= 15 is 0 Å². The summed E-state index contributed by atoms with van der Waals surface area (Å²) < 4.78 is 17.2. The van der Waals surface area contributed by atoms with Crippen molar-refractivity contribution in [3.05, 3.63) is 0 Å². The molecule has 0 saturated carbocycles. The summed E-state index contributed by atoms with van der Waals surface area (Å²) in [6, 6.07) is 0. The third-order valence-electron chi connectivity index (χ3n) is 2.49. The summed E-state index contributed by atoms with van der Waals surface area (Å²) in [6.45, 7) is 9.66. The van der Waals surface area contributed by atoms with Crippen LogP contribution in [0, 0.1) is 0 Å².